The van der Waals surface area contributed by atoms with Crippen molar-refractivity contribution in [3.63, 3.8) is 0 Å². The molecule has 0 spiro atoms. The van der Waals surface area contributed by atoms with Crippen LogP contribution >= 0.6 is 11.3 Å². The lowest BCUT2D eigenvalue weighted by Gasteiger charge is -2.34. The van der Waals surface area contributed by atoms with Crippen molar-refractivity contribution in [2.24, 2.45) is 11.7 Å². The maximum absolute atomic E-state index is 12.8. The Morgan fingerprint density at radius 1 is 1.52 bits per heavy atom. The maximum Gasteiger partial charge on any atom is 0.349 e. The normalized spacial score (nSPS) is 24.0. The lowest BCUT2D eigenvalue weighted by molar-refractivity contribution is 0.0602. The average molecular weight is 332 g/mol. The van der Waals surface area contributed by atoms with Crippen molar-refractivity contribution in [3.05, 3.63) is 15.8 Å². The summed E-state index contributed by atoms with van der Waals surface area (Å²) in [5, 5.41) is 1.66. The van der Waals surface area contributed by atoms with Gasteiger partial charge < -0.3 is 10.5 Å². The third-order valence-electron chi connectivity index (χ3n) is 3.82. The van der Waals surface area contributed by atoms with Crippen LogP contribution in [0.1, 0.15) is 28.6 Å². The van der Waals surface area contributed by atoms with Crippen LogP contribution in [0.3, 0.4) is 0 Å². The van der Waals surface area contributed by atoms with Gasteiger partial charge in [0.25, 0.3) is 0 Å². The number of carbonyl (C=O) groups excluding carboxylic acids is 1. The molecule has 1 aromatic rings. The van der Waals surface area contributed by atoms with Crippen LogP contribution in [0.15, 0.2) is 10.3 Å². The molecule has 6 nitrogen and oxygen atoms in total. The van der Waals surface area contributed by atoms with E-state index in [0.717, 1.165) is 11.3 Å². The zero-order valence-electron chi connectivity index (χ0n) is 12.3. The van der Waals surface area contributed by atoms with Crippen LogP contribution in [-0.4, -0.2) is 44.9 Å². The van der Waals surface area contributed by atoms with Gasteiger partial charge in [-0.25, -0.2) is 13.2 Å². The molecule has 1 aromatic heterocycles. The number of sulfonamides is 1. The number of ether oxygens (including phenoxy) is 1. The zero-order valence-corrected chi connectivity index (χ0v) is 14.0. The number of rotatable bonds is 3. The minimum absolute atomic E-state index is 0.0140. The molecule has 8 heteroatoms. The molecular weight excluding hydrogens is 312 g/mol. The summed E-state index contributed by atoms with van der Waals surface area (Å²) in [5.74, 6) is -0.525. The molecular formula is C13H20N2O4S2. The van der Waals surface area contributed by atoms with E-state index in [0.29, 0.717) is 25.1 Å². The number of methoxy groups -OCH3 is 1. The topological polar surface area (TPSA) is 89.7 Å². The summed E-state index contributed by atoms with van der Waals surface area (Å²) in [6, 6.07) is 0.0140. The fraction of sp³-hybridized carbons (Fsp3) is 0.615. The van der Waals surface area contributed by atoms with Crippen LogP contribution in [-0.2, 0) is 14.8 Å². The summed E-state index contributed by atoms with van der Waals surface area (Å²) >= 11 is 1.10. The van der Waals surface area contributed by atoms with Gasteiger partial charge in [-0.1, -0.05) is 6.92 Å². The molecule has 2 atom stereocenters. The molecule has 21 heavy (non-hydrogen) atoms. The number of nitrogens with zero attached hydrogens (tertiary/aromatic N) is 1. The quantitative estimate of drug-likeness (QED) is 0.840. The van der Waals surface area contributed by atoms with Crippen molar-refractivity contribution in [2.75, 3.05) is 20.2 Å². The van der Waals surface area contributed by atoms with Crippen LogP contribution in [0.2, 0.25) is 0 Å². The van der Waals surface area contributed by atoms with Crippen LogP contribution in [0, 0.1) is 12.8 Å². The molecule has 1 saturated heterocycles. The lowest BCUT2D eigenvalue weighted by atomic mass is 9.96. The highest BCUT2D eigenvalue weighted by molar-refractivity contribution is 7.89. The Balaban J connectivity index is 2.41. The molecule has 0 radical (unpaired) electrons. The number of aryl methyl sites for hydroxylation is 1. The number of carbonyl (C=O) groups is 1. The molecule has 118 valence electrons. The first-order valence-electron chi connectivity index (χ1n) is 6.71. The largest absolute Gasteiger partial charge is 0.465 e. The van der Waals surface area contributed by atoms with Gasteiger partial charge in [-0.2, -0.15) is 4.31 Å². The molecule has 0 saturated carbocycles. The molecule has 2 N–H and O–H groups in total. The Bertz CT molecular complexity index is 639. The van der Waals surface area contributed by atoms with Gasteiger partial charge in [-0.3, -0.25) is 0 Å². The smallest absolute Gasteiger partial charge is 0.349 e. The second-order valence-corrected chi connectivity index (χ2v) is 8.12. The third-order valence-corrected chi connectivity index (χ3v) is 7.08. The van der Waals surface area contributed by atoms with Crippen molar-refractivity contribution in [1.82, 2.24) is 4.31 Å². The fourth-order valence-corrected chi connectivity index (χ4v) is 5.67. The Labute approximate surface area is 128 Å². The summed E-state index contributed by atoms with van der Waals surface area (Å²) in [7, 11) is -2.46. The van der Waals surface area contributed by atoms with Gasteiger partial charge in [-0.15, -0.1) is 11.3 Å². The molecule has 0 bridgehead atoms. The standard InChI is InChI=1S/C13H20N2O4S2/c1-8-6-15(5-4-10(8)14)21(17,18)12-9(2)7-20-11(12)13(16)19-3/h7-8,10H,4-6,14H2,1-3H3. The highest BCUT2D eigenvalue weighted by Crippen LogP contribution is 2.32. The van der Waals surface area contributed by atoms with E-state index in [9.17, 15) is 13.2 Å². The number of hydrogen-bond acceptors (Lipinski definition) is 6. The molecule has 2 rings (SSSR count). The van der Waals surface area contributed by atoms with Crippen molar-refractivity contribution in [2.45, 2.75) is 31.2 Å². The van der Waals surface area contributed by atoms with E-state index in [1.54, 1.807) is 12.3 Å². The first-order valence-corrected chi connectivity index (χ1v) is 9.03. The van der Waals surface area contributed by atoms with E-state index < -0.39 is 16.0 Å². The highest BCUT2D eigenvalue weighted by atomic mass is 32.2. The molecule has 1 aliphatic rings. The van der Waals surface area contributed by atoms with E-state index >= 15 is 0 Å². The van der Waals surface area contributed by atoms with Gasteiger partial charge in [0, 0.05) is 19.1 Å². The third kappa shape index (κ3) is 2.98. The van der Waals surface area contributed by atoms with E-state index in [-0.39, 0.29) is 21.7 Å². The summed E-state index contributed by atoms with van der Waals surface area (Å²) in [6.07, 6.45) is 0.622. The van der Waals surface area contributed by atoms with Crippen molar-refractivity contribution < 1.29 is 17.9 Å². The van der Waals surface area contributed by atoms with Crippen LogP contribution in [0.5, 0.6) is 0 Å². The van der Waals surface area contributed by atoms with Crippen LogP contribution in [0.25, 0.3) is 0 Å². The summed E-state index contributed by atoms with van der Waals surface area (Å²) in [6.45, 7) is 4.38. The lowest BCUT2D eigenvalue weighted by Crippen LogP contribution is -2.48. The van der Waals surface area contributed by atoms with Crippen LogP contribution < -0.4 is 5.73 Å². The second kappa shape index (κ2) is 6.04. The zero-order chi connectivity index (χ0) is 15.8. The van der Waals surface area contributed by atoms with Crippen LogP contribution in [0.4, 0.5) is 0 Å². The van der Waals surface area contributed by atoms with E-state index in [2.05, 4.69) is 4.74 Å². The van der Waals surface area contributed by atoms with Gasteiger partial charge in [-0.05, 0) is 30.2 Å². The minimum Gasteiger partial charge on any atom is -0.465 e. The molecule has 0 aliphatic carbocycles. The van der Waals surface area contributed by atoms with Crippen molar-refractivity contribution in [3.8, 4) is 0 Å². The minimum atomic E-state index is -3.70. The molecule has 1 aliphatic heterocycles. The highest BCUT2D eigenvalue weighted by Gasteiger charge is 2.36. The van der Waals surface area contributed by atoms with Gasteiger partial charge in [0.15, 0.2) is 0 Å². The Morgan fingerprint density at radius 2 is 2.19 bits per heavy atom. The molecule has 0 amide bonds. The predicted octanol–water partition coefficient (Wildman–Crippen LogP) is 1.20. The number of piperidine rings is 1. The van der Waals surface area contributed by atoms with Gasteiger partial charge in [0.1, 0.15) is 9.77 Å². The van der Waals surface area contributed by atoms with Crippen molar-refractivity contribution >= 4 is 27.3 Å². The maximum atomic E-state index is 12.8. The van der Waals surface area contributed by atoms with E-state index in [1.165, 1.54) is 11.4 Å². The van der Waals surface area contributed by atoms with Crippen molar-refractivity contribution in [1.29, 1.82) is 0 Å². The number of hydrogen-bond donors (Lipinski definition) is 1. The Morgan fingerprint density at radius 3 is 2.76 bits per heavy atom. The van der Waals surface area contributed by atoms with Gasteiger partial charge >= 0.3 is 5.97 Å². The van der Waals surface area contributed by atoms with E-state index in [4.69, 9.17) is 5.73 Å². The first kappa shape index (κ1) is 16.4. The van der Waals surface area contributed by atoms with Gasteiger partial charge in [0.05, 0.1) is 7.11 Å². The monoisotopic (exact) mass is 332 g/mol. The number of thiophene rings is 1. The molecule has 1 fully saturated rings. The summed E-state index contributed by atoms with van der Waals surface area (Å²) in [4.78, 5) is 12.0. The second-order valence-electron chi connectivity index (χ2n) is 5.36. The molecule has 2 heterocycles. The van der Waals surface area contributed by atoms with E-state index in [1.807, 2.05) is 6.92 Å². The number of nitrogens with two attached hydrogens (primary N) is 1. The molecule has 2 unspecified atom stereocenters. The average Bonchev–Trinajstić information content (AvgIpc) is 2.83. The fourth-order valence-electron chi connectivity index (χ4n) is 2.46. The first-order chi connectivity index (χ1) is 9.78. The molecule has 0 aromatic carbocycles. The predicted molar refractivity (Wildman–Crippen MR) is 80.9 cm³/mol. The Hall–Kier alpha value is -0.960. The number of esters is 1. The summed E-state index contributed by atoms with van der Waals surface area (Å²) < 4.78 is 31.8. The SMILES string of the molecule is COC(=O)c1scc(C)c1S(=O)(=O)N1CCC(N)C(C)C1. The Kier molecular flexibility index (Phi) is 4.72. The van der Waals surface area contributed by atoms with Gasteiger partial charge in [0.2, 0.25) is 10.0 Å². The summed E-state index contributed by atoms with van der Waals surface area (Å²) in [5.41, 5.74) is 6.51.